The topological polar surface area (TPSA) is 95.9 Å². The van der Waals surface area contributed by atoms with Gasteiger partial charge >= 0.3 is 5.97 Å². The number of ether oxygens (including phenoxy) is 1. The molecule has 1 heterocycles. The number of benzene rings is 4. The van der Waals surface area contributed by atoms with Crippen molar-refractivity contribution in [3.05, 3.63) is 119 Å². The van der Waals surface area contributed by atoms with Crippen LogP contribution in [0.4, 0.5) is 0 Å². The van der Waals surface area contributed by atoms with Crippen molar-refractivity contribution in [2.45, 2.75) is 68.5 Å². The number of carbonyl (C=O) groups excluding carboxylic acids is 2. The second-order valence-electron chi connectivity index (χ2n) is 12.7. The number of rotatable bonds is 12. The van der Waals surface area contributed by atoms with Gasteiger partial charge in [0.1, 0.15) is 18.4 Å². The standard InChI is InChI=1S/C40H42N2O5S/c1-48-34-19-11-28(12-20-34)26-47-33-18-17-31-21-22-42(37(43)23-27-7-5-6-8-27)39(35(31)24-33)40(46)41-36(25-38(44)45)32-15-13-30(14-16-32)29-9-3-2-4-10-29/h2-4,9-20,24,27,36,39H,5-8,21-23,25-26H2,1H3,(H,41,46)(H,44,45). The van der Waals surface area contributed by atoms with Gasteiger partial charge in [-0.05, 0) is 89.1 Å². The summed E-state index contributed by atoms with van der Waals surface area (Å²) in [6.45, 7) is 0.794. The van der Waals surface area contributed by atoms with Gasteiger partial charge in [0.05, 0.1) is 12.5 Å². The largest absolute Gasteiger partial charge is 0.489 e. The summed E-state index contributed by atoms with van der Waals surface area (Å²) < 4.78 is 6.19. The third kappa shape index (κ3) is 8.11. The van der Waals surface area contributed by atoms with E-state index in [4.69, 9.17) is 4.74 Å². The number of aliphatic carboxylic acids is 1. The SMILES string of the molecule is CSc1ccc(COc2ccc3c(c2)C(C(=O)NC(CC(=O)O)c2ccc(-c4ccccc4)cc2)N(C(=O)CC2CCCC2)CC3)cc1. The molecular weight excluding hydrogens is 621 g/mol. The number of amides is 2. The van der Waals surface area contributed by atoms with Crippen molar-refractivity contribution in [1.29, 1.82) is 0 Å². The number of nitrogens with one attached hydrogen (secondary N) is 1. The highest BCUT2D eigenvalue weighted by molar-refractivity contribution is 7.98. The monoisotopic (exact) mass is 662 g/mol. The third-order valence-corrected chi connectivity index (χ3v) is 10.3. The number of carbonyl (C=O) groups is 3. The molecule has 48 heavy (non-hydrogen) atoms. The van der Waals surface area contributed by atoms with Gasteiger partial charge in [-0.15, -0.1) is 11.8 Å². The second kappa shape index (κ2) is 15.6. The first-order chi connectivity index (χ1) is 23.4. The van der Waals surface area contributed by atoms with Gasteiger partial charge in [0.15, 0.2) is 0 Å². The second-order valence-corrected chi connectivity index (χ2v) is 13.6. The Morgan fingerprint density at radius 2 is 1.62 bits per heavy atom. The van der Waals surface area contributed by atoms with E-state index in [0.29, 0.717) is 43.2 Å². The summed E-state index contributed by atoms with van der Waals surface area (Å²) in [6.07, 6.45) is 7.12. The molecule has 6 rings (SSSR count). The van der Waals surface area contributed by atoms with Crippen molar-refractivity contribution in [2.75, 3.05) is 12.8 Å². The van der Waals surface area contributed by atoms with Gasteiger partial charge in [-0.1, -0.05) is 85.6 Å². The minimum Gasteiger partial charge on any atom is -0.489 e. The van der Waals surface area contributed by atoms with Crippen LogP contribution < -0.4 is 10.1 Å². The number of thioether (sulfide) groups is 1. The van der Waals surface area contributed by atoms with Gasteiger partial charge in [0, 0.05) is 17.9 Å². The lowest BCUT2D eigenvalue weighted by atomic mass is 9.90. The Bertz CT molecular complexity index is 1720. The average molecular weight is 663 g/mol. The molecule has 0 bridgehead atoms. The number of hydrogen-bond donors (Lipinski definition) is 2. The summed E-state index contributed by atoms with van der Waals surface area (Å²) >= 11 is 1.68. The van der Waals surface area contributed by atoms with Crippen LogP contribution in [0, 0.1) is 5.92 Å². The van der Waals surface area contributed by atoms with Crippen LogP contribution in [0.1, 0.15) is 72.9 Å². The van der Waals surface area contributed by atoms with Crippen LogP contribution >= 0.6 is 11.8 Å². The zero-order chi connectivity index (χ0) is 33.5. The molecule has 0 saturated heterocycles. The van der Waals surface area contributed by atoms with Gasteiger partial charge in [0.25, 0.3) is 0 Å². The number of carboxylic acids is 1. The van der Waals surface area contributed by atoms with E-state index in [2.05, 4.69) is 17.4 Å². The molecule has 4 aromatic carbocycles. The quantitative estimate of drug-likeness (QED) is 0.149. The molecule has 7 nitrogen and oxygen atoms in total. The smallest absolute Gasteiger partial charge is 0.305 e. The fourth-order valence-electron chi connectivity index (χ4n) is 6.92. The highest BCUT2D eigenvalue weighted by Gasteiger charge is 2.38. The molecule has 0 radical (unpaired) electrons. The molecule has 1 aliphatic heterocycles. The molecule has 2 N–H and O–H groups in total. The van der Waals surface area contributed by atoms with Crippen molar-refractivity contribution in [2.24, 2.45) is 5.92 Å². The molecular formula is C40H42N2O5S. The number of hydrogen-bond acceptors (Lipinski definition) is 5. The van der Waals surface area contributed by atoms with E-state index < -0.39 is 18.1 Å². The van der Waals surface area contributed by atoms with Crippen LogP contribution in [-0.2, 0) is 27.4 Å². The van der Waals surface area contributed by atoms with Crippen LogP contribution in [0.5, 0.6) is 5.75 Å². The Labute approximate surface area is 286 Å². The summed E-state index contributed by atoms with van der Waals surface area (Å²) in [7, 11) is 0. The van der Waals surface area contributed by atoms with Crippen LogP contribution in [-0.4, -0.2) is 40.6 Å². The molecule has 1 saturated carbocycles. The van der Waals surface area contributed by atoms with Gasteiger partial charge in [-0.25, -0.2) is 0 Å². The Morgan fingerprint density at radius 1 is 0.917 bits per heavy atom. The van der Waals surface area contributed by atoms with Gasteiger partial charge in [0.2, 0.25) is 11.8 Å². The van der Waals surface area contributed by atoms with E-state index >= 15 is 0 Å². The van der Waals surface area contributed by atoms with Crippen molar-refractivity contribution >= 4 is 29.5 Å². The molecule has 2 atom stereocenters. The van der Waals surface area contributed by atoms with E-state index in [1.807, 2.05) is 91.2 Å². The lowest BCUT2D eigenvalue weighted by molar-refractivity contribution is -0.143. The highest BCUT2D eigenvalue weighted by Crippen LogP contribution is 2.36. The highest BCUT2D eigenvalue weighted by atomic mass is 32.2. The lowest BCUT2D eigenvalue weighted by Crippen LogP contribution is -2.48. The molecule has 4 aromatic rings. The Kier molecular flexibility index (Phi) is 10.8. The third-order valence-electron chi connectivity index (χ3n) is 9.53. The predicted molar refractivity (Wildman–Crippen MR) is 189 cm³/mol. The molecule has 0 aromatic heterocycles. The maximum Gasteiger partial charge on any atom is 0.305 e. The minimum atomic E-state index is -1.02. The van der Waals surface area contributed by atoms with Crippen LogP contribution in [0.3, 0.4) is 0 Å². The summed E-state index contributed by atoms with van der Waals surface area (Å²) in [6, 6.07) is 29.9. The van der Waals surface area contributed by atoms with Gasteiger partial charge in [-0.2, -0.15) is 0 Å². The van der Waals surface area contributed by atoms with E-state index in [-0.39, 0.29) is 18.2 Å². The zero-order valence-electron chi connectivity index (χ0n) is 27.3. The van der Waals surface area contributed by atoms with Crippen LogP contribution in [0.15, 0.2) is 102 Å². The molecule has 1 fully saturated rings. The molecule has 2 unspecified atom stereocenters. The predicted octanol–water partition coefficient (Wildman–Crippen LogP) is 7.99. The van der Waals surface area contributed by atoms with E-state index in [1.54, 1.807) is 16.7 Å². The van der Waals surface area contributed by atoms with Crippen molar-refractivity contribution in [3.8, 4) is 16.9 Å². The molecule has 248 valence electrons. The summed E-state index contributed by atoms with van der Waals surface area (Å²) in [4.78, 5) is 43.1. The van der Waals surface area contributed by atoms with E-state index in [9.17, 15) is 19.5 Å². The summed E-state index contributed by atoms with van der Waals surface area (Å²) in [5, 5.41) is 12.9. The first kappa shape index (κ1) is 33.3. The normalized spacial score (nSPS) is 16.6. The van der Waals surface area contributed by atoms with Crippen molar-refractivity contribution in [1.82, 2.24) is 10.2 Å². The van der Waals surface area contributed by atoms with Crippen LogP contribution in [0.25, 0.3) is 11.1 Å². The van der Waals surface area contributed by atoms with Crippen molar-refractivity contribution in [3.63, 3.8) is 0 Å². The Morgan fingerprint density at radius 3 is 2.31 bits per heavy atom. The number of nitrogens with zero attached hydrogens (tertiary/aromatic N) is 1. The average Bonchev–Trinajstić information content (AvgIpc) is 3.63. The fraction of sp³-hybridized carbons (Fsp3) is 0.325. The maximum atomic E-state index is 14.4. The maximum absolute atomic E-state index is 14.4. The molecule has 8 heteroatoms. The lowest BCUT2D eigenvalue weighted by Gasteiger charge is -2.38. The molecule has 2 aliphatic rings. The number of carboxylic acid groups (broad SMARTS) is 1. The minimum absolute atomic E-state index is 0.0325. The Balaban J connectivity index is 1.27. The van der Waals surface area contributed by atoms with Crippen molar-refractivity contribution < 1.29 is 24.2 Å². The van der Waals surface area contributed by atoms with Gasteiger partial charge < -0.3 is 20.1 Å². The summed E-state index contributed by atoms with van der Waals surface area (Å²) in [5.41, 5.74) is 5.48. The summed E-state index contributed by atoms with van der Waals surface area (Å²) in [5.74, 6) is -0.498. The van der Waals surface area contributed by atoms with E-state index in [1.165, 1.54) is 4.90 Å². The van der Waals surface area contributed by atoms with Crippen LogP contribution in [0.2, 0.25) is 0 Å². The molecule has 1 aliphatic carbocycles. The van der Waals surface area contributed by atoms with Gasteiger partial charge in [-0.3, -0.25) is 14.4 Å². The molecule has 2 amide bonds. The number of fused-ring (bicyclic) bond motifs is 1. The Hall–Kier alpha value is -4.56. The first-order valence-corrected chi connectivity index (χ1v) is 18.0. The fourth-order valence-corrected chi connectivity index (χ4v) is 7.33. The van der Waals surface area contributed by atoms with E-state index in [0.717, 1.165) is 53.5 Å². The molecule has 0 spiro atoms. The first-order valence-electron chi connectivity index (χ1n) is 16.7. The zero-order valence-corrected chi connectivity index (χ0v) is 28.1.